The molecule has 0 saturated heterocycles. The molecular weight excluding hydrogens is 512 g/mol. The fraction of sp³-hybridized carbons (Fsp3) is 0.133. The first-order valence-electron chi connectivity index (χ1n) is 11.7. The number of hydrogen-bond donors (Lipinski definition) is 1. The predicted molar refractivity (Wildman–Crippen MR) is 144 cm³/mol. The molecule has 0 unspecified atom stereocenters. The zero-order valence-electron chi connectivity index (χ0n) is 19.8. The Bertz CT molecular complexity index is 1400. The zero-order chi connectivity index (χ0) is 26.4. The minimum absolute atomic E-state index is 0.124. The molecule has 0 saturated carbocycles. The van der Waals surface area contributed by atoms with Crippen molar-refractivity contribution in [3.05, 3.63) is 129 Å². The number of benzene rings is 4. The van der Waals surface area contributed by atoms with E-state index in [-0.39, 0.29) is 30.3 Å². The number of rotatable bonds is 9. The summed E-state index contributed by atoms with van der Waals surface area (Å²) in [5.74, 6) is -1.49. The Morgan fingerprint density at radius 2 is 1.43 bits per heavy atom. The van der Waals surface area contributed by atoms with Crippen molar-refractivity contribution in [3.63, 3.8) is 0 Å². The largest absolute Gasteiger partial charge is 0.478 e. The molecule has 0 aliphatic heterocycles. The lowest BCUT2D eigenvalue weighted by Crippen LogP contribution is -2.30. The van der Waals surface area contributed by atoms with Gasteiger partial charge in [0, 0.05) is 29.6 Å². The SMILES string of the molecule is O=C(O)c1ccccc1-c1ccc(CN(Cc2cccc(F)c2)C(=O)CCc2c(Cl)cccc2Cl)cc1. The van der Waals surface area contributed by atoms with Crippen LogP contribution >= 0.6 is 23.2 Å². The van der Waals surface area contributed by atoms with E-state index in [0.29, 0.717) is 39.7 Å². The lowest BCUT2D eigenvalue weighted by atomic mass is 9.98. The maximum Gasteiger partial charge on any atom is 0.336 e. The highest BCUT2D eigenvalue weighted by atomic mass is 35.5. The van der Waals surface area contributed by atoms with E-state index >= 15 is 0 Å². The molecule has 0 radical (unpaired) electrons. The maximum absolute atomic E-state index is 13.8. The van der Waals surface area contributed by atoms with Gasteiger partial charge in [0.2, 0.25) is 5.91 Å². The molecule has 7 heteroatoms. The van der Waals surface area contributed by atoms with Crippen molar-refractivity contribution >= 4 is 35.1 Å². The Balaban J connectivity index is 1.55. The molecule has 0 aliphatic carbocycles. The Morgan fingerprint density at radius 1 is 0.784 bits per heavy atom. The van der Waals surface area contributed by atoms with Crippen molar-refractivity contribution in [1.82, 2.24) is 4.90 Å². The average molecular weight is 536 g/mol. The van der Waals surface area contributed by atoms with Crippen LogP contribution in [0.2, 0.25) is 10.0 Å². The first-order valence-corrected chi connectivity index (χ1v) is 12.4. The lowest BCUT2D eigenvalue weighted by Gasteiger charge is -2.24. The van der Waals surface area contributed by atoms with Gasteiger partial charge in [-0.05, 0) is 64.6 Å². The van der Waals surface area contributed by atoms with Gasteiger partial charge in [-0.15, -0.1) is 0 Å². The number of nitrogens with zero attached hydrogens (tertiary/aromatic N) is 1. The van der Waals surface area contributed by atoms with E-state index in [1.165, 1.54) is 12.1 Å². The van der Waals surface area contributed by atoms with E-state index in [0.717, 1.165) is 11.1 Å². The van der Waals surface area contributed by atoms with Crippen LogP contribution < -0.4 is 0 Å². The van der Waals surface area contributed by atoms with Gasteiger partial charge >= 0.3 is 5.97 Å². The summed E-state index contributed by atoms with van der Waals surface area (Å²) < 4.78 is 13.8. The van der Waals surface area contributed by atoms with Gasteiger partial charge in [-0.1, -0.05) is 83.9 Å². The second kappa shape index (κ2) is 12.0. The first kappa shape index (κ1) is 26.4. The normalized spacial score (nSPS) is 10.8. The van der Waals surface area contributed by atoms with Crippen LogP contribution in [-0.4, -0.2) is 21.9 Å². The van der Waals surface area contributed by atoms with Crippen LogP contribution in [0.5, 0.6) is 0 Å². The van der Waals surface area contributed by atoms with Gasteiger partial charge in [0.25, 0.3) is 0 Å². The van der Waals surface area contributed by atoms with Crippen LogP contribution in [0.25, 0.3) is 11.1 Å². The summed E-state index contributed by atoms with van der Waals surface area (Å²) in [5, 5.41) is 10.5. The molecule has 0 aromatic heterocycles. The quantitative estimate of drug-likeness (QED) is 0.239. The Morgan fingerprint density at radius 3 is 2.11 bits per heavy atom. The molecule has 1 N–H and O–H groups in total. The number of halogens is 3. The van der Waals surface area contributed by atoms with Crippen molar-refractivity contribution in [2.24, 2.45) is 0 Å². The minimum Gasteiger partial charge on any atom is -0.478 e. The van der Waals surface area contributed by atoms with Crippen molar-refractivity contribution in [1.29, 1.82) is 0 Å². The third-order valence-corrected chi connectivity index (χ3v) is 6.77. The number of carbonyl (C=O) groups excluding carboxylic acids is 1. The Hall–Kier alpha value is -3.67. The predicted octanol–water partition coefficient (Wildman–Crippen LogP) is 7.66. The lowest BCUT2D eigenvalue weighted by molar-refractivity contribution is -0.132. The van der Waals surface area contributed by atoms with E-state index in [1.807, 2.05) is 24.3 Å². The van der Waals surface area contributed by atoms with Gasteiger partial charge < -0.3 is 10.0 Å². The monoisotopic (exact) mass is 535 g/mol. The number of carboxylic acid groups (broad SMARTS) is 1. The molecule has 0 spiro atoms. The van der Waals surface area contributed by atoms with Crippen molar-refractivity contribution in [2.45, 2.75) is 25.9 Å². The summed E-state index contributed by atoms with van der Waals surface area (Å²) in [6.07, 6.45) is 0.560. The standard InChI is InChI=1S/C30H24Cl2FNO3/c31-27-9-4-10-28(32)26(27)15-16-29(35)34(19-21-5-3-6-23(33)17-21)18-20-11-13-22(14-12-20)24-7-1-2-8-25(24)30(36)37/h1-14,17H,15-16,18-19H2,(H,36,37). The molecule has 4 aromatic rings. The molecule has 1 amide bonds. The molecule has 0 heterocycles. The van der Waals surface area contributed by atoms with Crippen LogP contribution in [-0.2, 0) is 24.3 Å². The number of carboxylic acids is 1. The summed E-state index contributed by atoms with van der Waals surface area (Å²) in [6, 6.07) is 25.6. The summed E-state index contributed by atoms with van der Waals surface area (Å²) >= 11 is 12.6. The number of amides is 1. The molecular formula is C30H24Cl2FNO3. The Labute approximate surface area is 224 Å². The van der Waals surface area contributed by atoms with E-state index in [1.54, 1.807) is 59.5 Å². The van der Waals surface area contributed by atoms with Gasteiger partial charge in [0.1, 0.15) is 5.82 Å². The molecule has 4 nitrogen and oxygen atoms in total. The Kier molecular flexibility index (Phi) is 8.59. The van der Waals surface area contributed by atoms with Crippen molar-refractivity contribution in [3.8, 4) is 11.1 Å². The van der Waals surface area contributed by atoms with Crippen LogP contribution in [0, 0.1) is 5.82 Å². The second-order valence-corrected chi connectivity index (χ2v) is 9.44. The van der Waals surface area contributed by atoms with Crippen LogP contribution in [0.15, 0.2) is 91.0 Å². The van der Waals surface area contributed by atoms with Gasteiger partial charge in [0.05, 0.1) is 5.56 Å². The van der Waals surface area contributed by atoms with Crippen LogP contribution in [0.1, 0.15) is 33.5 Å². The molecule has 0 aliphatic rings. The highest BCUT2D eigenvalue weighted by molar-refractivity contribution is 6.36. The molecule has 0 fully saturated rings. The average Bonchev–Trinajstić information content (AvgIpc) is 2.88. The summed E-state index contributed by atoms with van der Waals surface area (Å²) in [4.78, 5) is 26.6. The molecule has 37 heavy (non-hydrogen) atoms. The van der Waals surface area contributed by atoms with E-state index < -0.39 is 5.97 Å². The third-order valence-electron chi connectivity index (χ3n) is 6.06. The minimum atomic E-state index is -0.995. The fourth-order valence-electron chi connectivity index (χ4n) is 4.18. The molecule has 0 atom stereocenters. The smallest absolute Gasteiger partial charge is 0.336 e. The number of hydrogen-bond acceptors (Lipinski definition) is 2. The van der Waals surface area contributed by atoms with Crippen LogP contribution in [0.4, 0.5) is 4.39 Å². The topological polar surface area (TPSA) is 57.6 Å². The first-order chi connectivity index (χ1) is 17.8. The summed E-state index contributed by atoms with van der Waals surface area (Å²) in [5.41, 5.74) is 3.85. The van der Waals surface area contributed by atoms with Gasteiger partial charge in [-0.25, -0.2) is 9.18 Å². The van der Waals surface area contributed by atoms with E-state index in [4.69, 9.17) is 23.2 Å². The van der Waals surface area contributed by atoms with Gasteiger partial charge in [-0.2, -0.15) is 0 Å². The van der Waals surface area contributed by atoms with Crippen molar-refractivity contribution in [2.75, 3.05) is 0 Å². The number of aromatic carboxylic acids is 1. The highest BCUT2D eigenvalue weighted by Gasteiger charge is 2.17. The molecule has 4 rings (SSSR count). The highest BCUT2D eigenvalue weighted by Crippen LogP contribution is 2.27. The summed E-state index contributed by atoms with van der Waals surface area (Å²) in [6.45, 7) is 0.531. The molecule has 4 aromatic carbocycles. The zero-order valence-corrected chi connectivity index (χ0v) is 21.3. The van der Waals surface area contributed by atoms with Crippen LogP contribution in [0.3, 0.4) is 0 Å². The maximum atomic E-state index is 13.8. The fourth-order valence-corrected chi connectivity index (χ4v) is 4.77. The molecule has 0 bridgehead atoms. The van der Waals surface area contributed by atoms with Crippen molar-refractivity contribution < 1.29 is 19.1 Å². The van der Waals surface area contributed by atoms with E-state index in [9.17, 15) is 19.1 Å². The number of carbonyl (C=O) groups is 2. The van der Waals surface area contributed by atoms with Gasteiger partial charge in [0.15, 0.2) is 0 Å². The molecule has 188 valence electrons. The second-order valence-electron chi connectivity index (χ2n) is 8.63. The van der Waals surface area contributed by atoms with Gasteiger partial charge in [-0.3, -0.25) is 4.79 Å². The third kappa shape index (κ3) is 6.76. The van der Waals surface area contributed by atoms with E-state index in [2.05, 4.69) is 0 Å². The summed E-state index contributed by atoms with van der Waals surface area (Å²) in [7, 11) is 0.